The molecule has 4 aromatic rings. The number of nitrogens with zero attached hydrogens (tertiary/aromatic N) is 2. The predicted octanol–water partition coefficient (Wildman–Crippen LogP) is 4.99. The van der Waals surface area contributed by atoms with Crippen molar-refractivity contribution in [1.82, 2.24) is 4.90 Å². The van der Waals surface area contributed by atoms with Crippen LogP contribution in [0.15, 0.2) is 121 Å². The molecule has 9 nitrogen and oxygen atoms in total. The van der Waals surface area contributed by atoms with Crippen LogP contribution in [0.25, 0.3) is 0 Å². The van der Waals surface area contributed by atoms with Crippen LogP contribution in [-0.2, 0) is 50.2 Å². The minimum absolute atomic E-state index is 0.0827. The van der Waals surface area contributed by atoms with Gasteiger partial charge in [0.25, 0.3) is 5.91 Å². The van der Waals surface area contributed by atoms with Gasteiger partial charge in [-0.1, -0.05) is 121 Å². The third kappa shape index (κ3) is 11.0. The average molecular weight is 698 g/mol. The van der Waals surface area contributed by atoms with Crippen molar-refractivity contribution in [3.05, 3.63) is 144 Å². The molecule has 2 N–H and O–H groups in total. The molecule has 0 spiro atoms. The Bertz CT molecular complexity index is 1580. The zero-order valence-electron chi connectivity index (χ0n) is 30.1. The second-order valence-corrected chi connectivity index (χ2v) is 14.0. The van der Waals surface area contributed by atoms with Crippen molar-refractivity contribution < 1.29 is 38.4 Å². The monoisotopic (exact) mass is 697 g/mol. The van der Waals surface area contributed by atoms with Gasteiger partial charge in [-0.2, -0.15) is 0 Å². The Morgan fingerprint density at radius 3 is 1.55 bits per heavy atom. The Morgan fingerprint density at radius 2 is 1.10 bits per heavy atom. The third-order valence-electron chi connectivity index (χ3n) is 9.59. The van der Waals surface area contributed by atoms with Crippen molar-refractivity contribution in [3.8, 4) is 0 Å². The summed E-state index contributed by atoms with van der Waals surface area (Å²) >= 11 is 0. The Morgan fingerprint density at radius 1 is 0.686 bits per heavy atom. The number of rotatable bonds is 18. The summed E-state index contributed by atoms with van der Waals surface area (Å²) in [5.41, 5.74) is 1.51. The molecule has 51 heavy (non-hydrogen) atoms. The lowest BCUT2D eigenvalue weighted by molar-refractivity contribution is -0.894. The van der Waals surface area contributed by atoms with Crippen molar-refractivity contribution in [2.24, 2.45) is 0 Å². The summed E-state index contributed by atoms with van der Waals surface area (Å²) in [5, 5.41) is 24.0. The van der Waals surface area contributed by atoms with Gasteiger partial charge in [0.2, 0.25) is 0 Å². The van der Waals surface area contributed by atoms with Gasteiger partial charge in [0.15, 0.2) is 6.10 Å². The molecule has 0 unspecified atom stereocenters. The highest BCUT2D eigenvalue weighted by molar-refractivity contribution is 5.82. The summed E-state index contributed by atoms with van der Waals surface area (Å²) in [5.74, 6) is -0.254. The number of quaternary nitrogens is 1. The standard InChI is InChI=1S/C42H53N2O7/c1-33(45)42(47,32-48-28-34-16-8-4-9-17-34)40(51-31-37-22-14-7-15-23-37)38(49-29-35-18-10-5-11-19-35)39(50-30-36-20-12-6-13-21-36)41(46)43-24-26-44(2,3)27-25-43/h4-23,33,38-40,45,47H,24-32H2,1-3H3/q+1/t33-,38-,39-,40+,42-/m1/s1. The molecule has 1 saturated heterocycles. The minimum Gasteiger partial charge on any atom is -0.390 e. The zero-order valence-corrected chi connectivity index (χ0v) is 30.1. The lowest BCUT2D eigenvalue weighted by Gasteiger charge is -2.45. The molecule has 9 heteroatoms. The molecule has 5 atom stereocenters. The molecule has 0 aliphatic carbocycles. The summed E-state index contributed by atoms with van der Waals surface area (Å²) in [7, 11) is 4.31. The van der Waals surface area contributed by atoms with E-state index in [0.29, 0.717) is 13.1 Å². The number of piperazine rings is 1. The first-order valence-corrected chi connectivity index (χ1v) is 17.7. The van der Waals surface area contributed by atoms with E-state index in [1.165, 1.54) is 6.92 Å². The van der Waals surface area contributed by atoms with E-state index in [4.69, 9.17) is 18.9 Å². The number of carbonyl (C=O) groups excluding carboxylic acids is 1. The smallest absolute Gasteiger partial charge is 0.254 e. The minimum atomic E-state index is -2.01. The number of hydrogen-bond acceptors (Lipinski definition) is 7. The molecule has 1 aliphatic heterocycles. The summed E-state index contributed by atoms with van der Waals surface area (Å²) in [6.07, 6.45) is -4.95. The van der Waals surface area contributed by atoms with E-state index >= 15 is 0 Å². The average Bonchev–Trinajstić information content (AvgIpc) is 3.15. The number of likely N-dealkylation sites (N-methyl/N-ethyl adjacent to an activating group) is 1. The van der Waals surface area contributed by atoms with E-state index in [1.807, 2.05) is 126 Å². The first kappa shape index (κ1) is 38.3. The number of aliphatic hydroxyl groups excluding tert-OH is 1. The number of amides is 1. The molecule has 1 heterocycles. The van der Waals surface area contributed by atoms with E-state index in [0.717, 1.165) is 39.8 Å². The number of aliphatic hydroxyl groups is 2. The van der Waals surface area contributed by atoms with E-state index in [2.05, 4.69) is 14.1 Å². The van der Waals surface area contributed by atoms with Gasteiger partial charge in [0, 0.05) is 0 Å². The lowest BCUT2D eigenvalue weighted by Crippen LogP contribution is -2.65. The normalized spacial score (nSPS) is 17.9. The van der Waals surface area contributed by atoms with Gasteiger partial charge in [-0.15, -0.1) is 0 Å². The van der Waals surface area contributed by atoms with Crippen LogP contribution in [0, 0.1) is 0 Å². The van der Waals surface area contributed by atoms with Gasteiger partial charge in [-0.25, -0.2) is 0 Å². The van der Waals surface area contributed by atoms with Gasteiger partial charge >= 0.3 is 0 Å². The largest absolute Gasteiger partial charge is 0.390 e. The summed E-state index contributed by atoms with van der Waals surface area (Å²) in [6, 6.07) is 38.5. The highest BCUT2D eigenvalue weighted by Crippen LogP contribution is 2.31. The third-order valence-corrected chi connectivity index (χ3v) is 9.59. The molecule has 0 bridgehead atoms. The van der Waals surface area contributed by atoms with E-state index in [-0.39, 0.29) is 38.9 Å². The van der Waals surface area contributed by atoms with Crippen molar-refractivity contribution in [2.75, 3.05) is 46.9 Å². The molecule has 1 fully saturated rings. The molecule has 0 aromatic heterocycles. The quantitative estimate of drug-likeness (QED) is 0.142. The van der Waals surface area contributed by atoms with Crippen LogP contribution in [-0.4, -0.2) is 102 Å². The Balaban J connectivity index is 1.55. The van der Waals surface area contributed by atoms with Gasteiger partial charge in [0.05, 0.1) is 79.4 Å². The highest BCUT2D eigenvalue weighted by Gasteiger charge is 2.52. The maximum absolute atomic E-state index is 14.7. The van der Waals surface area contributed by atoms with Crippen LogP contribution in [0.5, 0.6) is 0 Å². The van der Waals surface area contributed by atoms with E-state index in [1.54, 1.807) is 0 Å². The van der Waals surface area contributed by atoms with Gasteiger partial charge in [0.1, 0.15) is 17.8 Å². The lowest BCUT2D eigenvalue weighted by atomic mass is 9.85. The molecule has 272 valence electrons. The van der Waals surface area contributed by atoms with Crippen molar-refractivity contribution in [1.29, 1.82) is 0 Å². The highest BCUT2D eigenvalue weighted by atomic mass is 16.6. The van der Waals surface area contributed by atoms with Crippen LogP contribution in [0.4, 0.5) is 0 Å². The molecule has 1 aliphatic rings. The van der Waals surface area contributed by atoms with Crippen LogP contribution in [0.1, 0.15) is 29.2 Å². The molecule has 0 saturated carbocycles. The summed E-state index contributed by atoms with van der Waals surface area (Å²) in [6.45, 7) is 4.38. The molecule has 0 radical (unpaired) electrons. The summed E-state index contributed by atoms with van der Waals surface area (Å²) < 4.78 is 26.9. The van der Waals surface area contributed by atoms with Crippen molar-refractivity contribution in [3.63, 3.8) is 0 Å². The number of ether oxygens (including phenoxy) is 4. The Hall–Kier alpha value is -3.93. The van der Waals surface area contributed by atoms with Gasteiger partial charge in [-0.3, -0.25) is 4.79 Å². The van der Waals surface area contributed by atoms with Gasteiger partial charge < -0.3 is 38.5 Å². The zero-order chi connectivity index (χ0) is 36.1. The fraction of sp³-hybridized carbons (Fsp3) is 0.405. The molecular formula is C42H53N2O7+. The first-order valence-electron chi connectivity index (χ1n) is 17.7. The van der Waals surface area contributed by atoms with Crippen molar-refractivity contribution >= 4 is 5.91 Å². The molecule has 4 aromatic carbocycles. The molecule has 1 amide bonds. The SMILES string of the molecule is C[C@@H](O)[C@](O)(COCc1ccccc1)[C@@H](OCc1ccccc1)[C@H](OCc1ccccc1)[C@@H](OCc1ccccc1)C(=O)N1CC[N+](C)(C)CC1. The van der Waals surface area contributed by atoms with Crippen LogP contribution in [0.2, 0.25) is 0 Å². The maximum atomic E-state index is 14.7. The number of carbonyl (C=O) groups is 1. The predicted molar refractivity (Wildman–Crippen MR) is 196 cm³/mol. The molecular weight excluding hydrogens is 644 g/mol. The van der Waals surface area contributed by atoms with E-state index < -0.39 is 30.0 Å². The fourth-order valence-corrected chi connectivity index (χ4v) is 6.20. The number of hydrogen-bond donors (Lipinski definition) is 2. The first-order chi connectivity index (χ1) is 24.6. The number of benzene rings is 4. The molecule has 5 rings (SSSR count). The van der Waals surface area contributed by atoms with Crippen molar-refractivity contribution in [2.45, 2.75) is 63.4 Å². The summed E-state index contributed by atoms with van der Waals surface area (Å²) in [4.78, 5) is 16.6. The fourth-order valence-electron chi connectivity index (χ4n) is 6.20. The maximum Gasteiger partial charge on any atom is 0.254 e. The van der Waals surface area contributed by atoms with Gasteiger partial charge in [-0.05, 0) is 29.2 Å². The Labute approximate surface area is 302 Å². The van der Waals surface area contributed by atoms with Crippen LogP contribution < -0.4 is 0 Å². The topological polar surface area (TPSA) is 97.7 Å². The van der Waals surface area contributed by atoms with E-state index in [9.17, 15) is 15.0 Å². The second kappa shape index (κ2) is 18.5. The second-order valence-electron chi connectivity index (χ2n) is 14.0. The van der Waals surface area contributed by atoms with Crippen LogP contribution >= 0.6 is 0 Å². The van der Waals surface area contributed by atoms with Crippen LogP contribution in [0.3, 0.4) is 0 Å². The Kier molecular flexibility index (Phi) is 13.9.